The van der Waals surface area contributed by atoms with E-state index in [9.17, 15) is 9.59 Å². The minimum Gasteiger partial charge on any atom is -0.348 e. The number of carbonyl (C=O) groups excluding carboxylic acids is 2. The van der Waals surface area contributed by atoms with Gasteiger partial charge in [-0.15, -0.1) is 0 Å². The summed E-state index contributed by atoms with van der Waals surface area (Å²) in [6.45, 7) is 1.84. The van der Waals surface area contributed by atoms with Gasteiger partial charge in [0.15, 0.2) is 0 Å². The van der Waals surface area contributed by atoms with Crippen molar-refractivity contribution in [1.29, 1.82) is 0 Å². The van der Waals surface area contributed by atoms with E-state index < -0.39 is 0 Å². The van der Waals surface area contributed by atoms with E-state index in [4.69, 9.17) is 0 Å². The van der Waals surface area contributed by atoms with E-state index in [-0.39, 0.29) is 29.9 Å². The highest BCUT2D eigenvalue weighted by molar-refractivity contribution is 5.88. The smallest absolute Gasteiger partial charge is 0.248 e. The van der Waals surface area contributed by atoms with Crippen molar-refractivity contribution in [3.05, 3.63) is 47.3 Å². The zero-order valence-corrected chi connectivity index (χ0v) is 13.7. The zero-order valence-electron chi connectivity index (χ0n) is 13.7. The molecule has 6 nitrogen and oxygen atoms in total. The standard InChI is InChI=1S/C18H22N4O2/c1-11-10-22-16(18(24)19-11)9-15(21-22)17(23)20-14-8-4-6-12-5-2-3-7-13(12)14/h2-3,5,7,10,14-16,21H,4,6,8-9H2,1H3,(H,19,24)(H,20,23). The molecule has 0 saturated carbocycles. The Kier molecular flexibility index (Phi) is 3.76. The summed E-state index contributed by atoms with van der Waals surface area (Å²) in [4.78, 5) is 24.7. The molecule has 1 aromatic rings. The zero-order chi connectivity index (χ0) is 16.7. The van der Waals surface area contributed by atoms with Gasteiger partial charge in [0.05, 0.1) is 6.04 Å². The summed E-state index contributed by atoms with van der Waals surface area (Å²) in [5.74, 6) is -0.0919. The maximum absolute atomic E-state index is 12.7. The average Bonchev–Trinajstić information content (AvgIpc) is 3.00. The number of benzene rings is 1. The number of hydrogen-bond donors (Lipinski definition) is 3. The molecule has 2 amide bonds. The molecule has 3 unspecified atom stereocenters. The largest absolute Gasteiger partial charge is 0.348 e. The van der Waals surface area contributed by atoms with E-state index in [0.717, 1.165) is 25.0 Å². The fourth-order valence-electron chi connectivity index (χ4n) is 3.88. The quantitative estimate of drug-likeness (QED) is 0.761. The van der Waals surface area contributed by atoms with Crippen LogP contribution in [0.2, 0.25) is 0 Å². The Morgan fingerprint density at radius 1 is 1.33 bits per heavy atom. The van der Waals surface area contributed by atoms with Crippen LogP contribution in [0, 0.1) is 0 Å². The Bertz CT molecular complexity index is 715. The number of nitrogens with one attached hydrogen (secondary N) is 3. The number of nitrogens with zero attached hydrogens (tertiary/aromatic N) is 1. The van der Waals surface area contributed by atoms with Gasteiger partial charge in [0.2, 0.25) is 11.8 Å². The number of hydrazine groups is 1. The minimum atomic E-state index is -0.378. The third-order valence-corrected chi connectivity index (χ3v) is 5.06. The Morgan fingerprint density at radius 3 is 3.04 bits per heavy atom. The third-order valence-electron chi connectivity index (χ3n) is 5.06. The molecule has 0 spiro atoms. The Balaban J connectivity index is 1.46. The molecule has 3 atom stereocenters. The van der Waals surface area contributed by atoms with Gasteiger partial charge in [0.25, 0.3) is 0 Å². The minimum absolute atomic E-state index is 0.0371. The summed E-state index contributed by atoms with van der Waals surface area (Å²) >= 11 is 0. The van der Waals surface area contributed by atoms with Crippen molar-refractivity contribution < 1.29 is 9.59 Å². The molecule has 126 valence electrons. The summed E-state index contributed by atoms with van der Waals surface area (Å²) in [5.41, 5.74) is 6.48. The molecule has 3 aliphatic rings. The maximum Gasteiger partial charge on any atom is 0.248 e. The lowest BCUT2D eigenvalue weighted by atomic mass is 9.87. The van der Waals surface area contributed by atoms with E-state index in [0.29, 0.717) is 6.42 Å². The first kappa shape index (κ1) is 15.2. The first-order valence-corrected chi connectivity index (χ1v) is 8.54. The summed E-state index contributed by atoms with van der Waals surface area (Å²) in [6.07, 6.45) is 5.44. The van der Waals surface area contributed by atoms with Crippen molar-refractivity contribution in [2.45, 2.75) is 50.7 Å². The maximum atomic E-state index is 12.7. The highest BCUT2D eigenvalue weighted by Gasteiger charge is 2.41. The molecule has 0 aromatic heterocycles. The number of rotatable bonds is 2. The molecule has 3 N–H and O–H groups in total. The second-order valence-corrected chi connectivity index (χ2v) is 6.79. The van der Waals surface area contributed by atoms with E-state index in [1.54, 1.807) is 5.01 Å². The molecule has 1 aliphatic carbocycles. The van der Waals surface area contributed by atoms with E-state index >= 15 is 0 Å². The van der Waals surface area contributed by atoms with Crippen molar-refractivity contribution in [2.75, 3.05) is 0 Å². The van der Waals surface area contributed by atoms with Crippen LogP contribution in [-0.2, 0) is 16.0 Å². The van der Waals surface area contributed by atoms with E-state index in [1.165, 1.54) is 11.1 Å². The second kappa shape index (κ2) is 5.94. The van der Waals surface area contributed by atoms with E-state index in [2.05, 4.69) is 28.2 Å². The highest BCUT2D eigenvalue weighted by Crippen LogP contribution is 2.30. The molecule has 0 bridgehead atoms. The number of carbonyl (C=O) groups is 2. The van der Waals surface area contributed by atoms with Crippen LogP contribution in [0.5, 0.6) is 0 Å². The van der Waals surface area contributed by atoms with Crippen LogP contribution in [0.1, 0.15) is 43.4 Å². The summed E-state index contributed by atoms with van der Waals surface area (Å²) in [6, 6.07) is 7.68. The number of allylic oxidation sites excluding steroid dienone is 1. The molecule has 2 heterocycles. The van der Waals surface area contributed by atoms with Gasteiger partial charge in [-0.25, -0.2) is 5.43 Å². The van der Waals surface area contributed by atoms with Crippen LogP contribution >= 0.6 is 0 Å². The van der Waals surface area contributed by atoms with Crippen LogP contribution in [0.4, 0.5) is 0 Å². The van der Waals surface area contributed by atoms with Crippen LogP contribution in [-0.4, -0.2) is 28.9 Å². The lowest BCUT2D eigenvalue weighted by Gasteiger charge is -2.28. The van der Waals surface area contributed by atoms with Gasteiger partial charge >= 0.3 is 0 Å². The predicted octanol–water partition coefficient (Wildman–Crippen LogP) is 1.12. The fraction of sp³-hybridized carbons (Fsp3) is 0.444. The molecule has 4 rings (SSSR count). The van der Waals surface area contributed by atoms with Gasteiger partial charge in [-0.1, -0.05) is 24.3 Å². The normalized spacial score (nSPS) is 28.5. The molecule has 1 fully saturated rings. The first-order chi connectivity index (χ1) is 11.6. The number of hydrogen-bond acceptors (Lipinski definition) is 4. The van der Waals surface area contributed by atoms with Crippen molar-refractivity contribution >= 4 is 11.8 Å². The molecule has 24 heavy (non-hydrogen) atoms. The van der Waals surface area contributed by atoms with Crippen molar-refractivity contribution in [1.82, 2.24) is 21.1 Å². The lowest BCUT2D eigenvalue weighted by molar-refractivity contribution is -0.125. The predicted molar refractivity (Wildman–Crippen MR) is 89.3 cm³/mol. The monoisotopic (exact) mass is 326 g/mol. The Labute approximate surface area is 141 Å². The number of aryl methyl sites for hydroxylation is 1. The summed E-state index contributed by atoms with van der Waals surface area (Å²) in [5, 5.41) is 7.74. The van der Waals surface area contributed by atoms with Crippen LogP contribution in [0.25, 0.3) is 0 Å². The molecule has 2 aliphatic heterocycles. The molecule has 0 radical (unpaired) electrons. The van der Waals surface area contributed by atoms with Crippen LogP contribution < -0.4 is 16.1 Å². The van der Waals surface area contributed by atoms with Crippen LogP contribution in [0.15, 0.2) is 36.2 Å². The third kappa shape index (κ3) is 2.67. The molecular weight excluding hydrogens is 304 g/mol. The van der Waals surface area contributed by atoms with Gasteiger partial charge in [0.1, 0.15) is 12.1 Å². The number of amides is 2. The Morgan fingerprint density at radius 2 is 2.17 bits per heavy atom. The topological polar surface area (TPSA) is 73.5 Å². The van der Waals surface area contributed by atoms with Gasteiger partial charge in [-0.05, 0) is 37.3 Å². The second-order valence-electron chi connectivity index (χ2n) is 6.79. The summed E-state index contributed by atoms with van der Waals surface area (Å²) < 4.78 is 0. The van der Waals surface area contributed by atoms with Gasteiger partial charge in [-0.3, -0.25) is 9.59 Å². The number of fused-ring (bicyclic) bond motifs is 2. The van der Waals surface area contributed by atoms with Gasteiger partial charge in [0, 0.05) is 18.3 Å². The fourth-order valence-corrected chi connectivity index (χ4v) is 3.88. The molecule has 6 heteroatoms. The Hall–Kier alpha value is -2.34. The molecule has 1 aromatic carbocycles. The first-order valence-electron chi connectivity index (χ1n) is 8.54. The summed E-state index contributed by atoms with van der Waals surface area (Å²) in [7, 11) is 0. The van der Waals surface area contributed by atoms with Gasteiger partial charge in [-0.2, -0.15) is 0 Å². The van der Waals surface area contributed by atoms with Crippen molar-refractivity contribution in [2.24, 2.45) is 0 Å². The average molecular weight is 326 g/mol. The van der Waals surface area contributed by atoms with Crippen molar-refractivity contribution in [3.63, 3.8) is 0 Å². The van der Waals surface area contributed by atoms with E-state index in [1.807, 2.05) is 25.3 Å². The SMILES string of the molecule is CC1=CN2NC(C(=O)NC3CCCc4ccccc43)CC2C(=O)N1. The highest BCUT2D eigenvalue weighted by atomic mass is 16.2. The van der Waals surface area contributed by atoms with Gasteiger partial charge < -0.3 is 15.6 Å². The van der Waals surface area contributed by atoms with Crippen LogP contribution in [0.3, 0.4) is 0 Å². The molecule has 1 saturated heterocycles. The van der Waals surface area contributed by atoms with Crippen molar-refractivity contribution in [3.8, 4) is 0 Å². The molecular formula is C18H22N4O2. The lowest BCUT2D eigenvalue weighted by Crippen LogP contribution is -2.49.